The zero-order chi connectivity index (χ0) is 10.5. The maximum Gasteiger partial charge on any atom is 0.150 e. The van der Waals surface area contributed by atoms with Crippen molar-refractivity contribution in [1.29, 1.82) is 0 Å². The van der Waals surface area contributed by atoms with Gasteiger partial charge >= 0.3 is 0 Å². The summed E-state index contributed by atoms with van der Waals surface area (Å²) in [6, 6.07) is 0. The van der Waals surface area contributed by atoms with Crippen LogP contribution in [0.15, 0.2) is 0 Å². The molecule has 0 aliphatic carbocycles. The van der Waals surface area contributed by atoms with Crippen molar-refractivity contribution in [2.75, 3.05) is 19.7 Å². The third kappa shape index (κ3) is 3.00. The Morgan fingerprint density at radius 2 is 2.47 bits per heavy atom. The Morgan fingerprint density at radius 1 is 1.53 bits per heavy atom. The molecule has 0 saturated carbocycles. The summed E-state index contributed by atoms with van der Waals surface area (Å²) in [7, 11) is 0. The Labute approximate surface area is 89.6 Å². The molecular formula is C10H18N4O. The number of aryl methyl sites for hydroxylation is 1. The first-order valence-corrected chi connectivity index (χ1v) is 5.61. The minimum absolute atomic E-state index is 0.237. The average Bonchev–Trinajstić information content (AvgIpc) is 2.68. The van der Waals surface area contributed by atoms with Crippen LogP contribution in [-0.2, 0) is 17.6 Å². The van der Waals surface area contributed by atoms with Gasteiger partial charge in [-0.25, -0.2) is 4.98 Å². The summed E-state index contributed by atoms with van der Waals surface area (Å²) in [5.74, 6) is 1.85. The van der Waals surface area contributed by atoms with Crippen LogP contribution in [0, 0.1) is 0 Å². The molecule has 1 aliphatic heterocycles. The van der Waals surface area contributed by atoms with Crippen molar-refractivity contribution in [3.63, 3.8) is 0 Å². The lowest BCUT2D eigenvalue weighted by molar-refractivity contribution is 0.0281. The van der Waals surface area contributed by atoms with Gasteiger partial charge in [-0.1, -0.05) is 6.92 Å². The first-order chi connectivity index (χ1) is 7.38. The monoisotopic (exact) mass is 210 g/mol. The Kier molecular flexibility index (Phi) is 3.69. The minimum atomic E-state index is 0.237. The molecule has 84 valence electrons. The quantitative estimate of drug-likeness (QED) is 0.749. The number of nitrogens with zero attached hydrogens (tertiary/aromatic N) is 2. The number of ether oxygens (including phenoxy) is 1. The smallest absolute Gasteiger partial charge is 0.150 e. The molecule has 1 atom stereocenters. The fraction of sp³-hybridized carbons (Fsp3) is 0.800. The second kappa shape index (κ2) is 5.23. The van der Waals surface area contributed by atoms with Crippen molar-refractivity contribution >= 4 is 0 Å². The summed E-state index contributed by atoms with van der Waals surface area (Å²) in [5, 5.41) is 10.4. The van der Waals surface area contributed by atoms with E-state index in [-0.39, 0.29) is 6.10 Å². The summed E-state index contributed by atoms with van der Waals surface area (Å²) in [6.07, 6.45) is 3.09. The Hall–Kier alpha value is -0.940. The van der Waals surface area contributed by atoms with Crippen LogP contribution in [0.1, 0.15) is 25.0 Å². The average molecular weight is 210 g/mol. The third-order valence-electron chi connectivity index (χ3n) is 2.48. The van der Waals surface area contributed by atoms with Gasteiger partial charge in [-0.15, -0.1) is 0 Å². The molecule has 15 heavy (non-hydrogen) atoms. The van der Waals surface area contributed by atoms with Crippen molar-refractivity contribution in [2.24, 2.45) is 0 Å². The molecule has 2 heterocycles. The molecular weight excluding hydrogens is 192 g/mol. The van der Waals surface area contributed by atoms with Crippen molar-refractivity contribution < 1.29 is 4.74 Å². The van der Waals surface area contributed by atoms with Crippen LogP contribution in [0.5, 0.6) is 0 Å². The maximum absolute atomic E-state index is 5.60. The number of hydrogen-bond acceptors (Lipinski definition) is 4. The van der Waals surface area contributed by atoms with Gasteiger partial charge in [0.1, 0.15) is 5.82 Å². The van der Waals surface area contributed by atoms with Gasteiger partial charge in [-0.3, -0.25) is 5.10 Å². The highest BCUT2D eigenvalue weighted by Crippen LogP contribution is 2.04. The van der Waals surface area contributed by atoms with Crippen molar-refractivity contribution in [1.82, 2.24) is 20.5 Å². The van der Waals surface area contributed by atoms with E-state index in [2.05, 4.69) is 27.4 Å². The summed E-state index contributed by atoms with van der Waals surface area (Å²) < 4.78 is 5.60. The van der Waals surface area contributed by atoms with Gasteiger partial charge in [-0.05, 0) is 6.42 Å². The second-order valence-corrected chi connectivity index (χ2v) is 3.85. The molecule has 1 unspecified atom stereocenters. The van der Waals surface area contributed by atoms with Crippen LogP contribution >= 0.6 is 0 Å². The Morgan fingerprint density at radius 3 is 3.20 bits per heavy atom. The van der Waals surface area contributed by atoms with Gasteiger partial charge in [0.05, 0.1) is 12.7 Å². The van der Waals surface area contributed by atoms with Crippen LogP contribution in [0.2, 0.25) is 0 Å². The first kappa shape index (κ1) is 10.6. The molecule has 0 amide bonds. The lowest BCUT2D eigenvalue weighted by Crippen LogP contribution is -2.39. The van der Waals surface area contributed by atoms with E-state index in [4.69, 9.17) is 4.74 Å². The van der Waals surface area contributed by atoms with Crippen molar-refractivity contribution in [3.8, 4) is 0 Å². The van der Waals surface area contributed by atoms with Crippen molar-refractivity contribution in [2.45, 2.75) is 32.3 Å². The van der Waals surface area contributed by atoms with E-state index < -0.39 is 0 Å². The predicted molar refractivity (Wildman–Crippen MR) is 56.7 cm³/mol. The highest BCUT2D eigenvalue weighted by molar-refractivity contribution is 4.93. The number of hydrogen-bond donors (Lipinski definition) is 2. The number of aromatic nitrogens is 3. The summed E-state index contributed by atoms with van der Waals surface area (Å²) in [5.41, 5.74) is 0. The second-order valence-electron chi connectivity index (χ2n) is 3.85. The van der Waals surface area contributed by atoms with Crippen LogP contribution < -0.4 is 5.32 Å². The molecule has 5 heteroatoms. The molecule has 1 aromatic heterocycles. The lowest BCUT2D eigenvalue weighted by atomic mass is 10.2. The maximum atomic E-state index is 5.60. The topological polar surface area (TPSA) is 62.8 Å². The SMILES string of the molecule is CCCc1n[nH]c(CC2CNCCO2)n1. The highest BCUT2D eigenvalue weighted by atomic mass is 16.5. The number of rotatable bonds is 4. The first-order valence-electron chi connectivity index (χ1n) is 5.61. The van der Waals surface area contributed by atoms with Crippen LogP contribution in [-0.4, -0.2) is 41.0 Å². The Bertz CT molecular complexity index is 293. The standard InChI is InChI=1S/C10H18N4O/c1-2-3-9-12-10(14-13-9)6-8-7-11-4-5-15-8/h8,11H,2-7H2,1H3,(H,12,13,14). The molecule has 5 nitrogen and oxygen atoms in total. The lowest BCUT2D eigenvalue weighted by Gasteiger charge is -2.22. The molecule has 1 saturated heterocycles. The summed E-state index contributed by atoms with van der Waals surface area (Å²) >= 11 is 0. The molecule has 2 N–H and O–H groups in total. The fourth-order valence-electron chi connectivity index (χ4n) is 1.73. The predicted octanol–water partition coefficient (Wildman–Crippen LogP) is 0.288. The molecule has 2 rings (SSSR count). The van der Waals surface area contributed by atoms with Gasteiger partial charge in [0.2, 0.25) is 0 Å². The van der Waals surface area contributed by atoms with E-state index in [1.807, 2.05) is 0 Å². The molecule has 0 radical (unpaired) electrons. The van der Waals surface area contributed by atoms with Gasteiger partial charge in [0.25, 0.3) is 0 Å². The normalized spacial score (nSPS) is 21.8. The Balaban J connectivity index is 1.86. The molecule has 1 fully saturated rings. The zero-order valence-corrected chi connectivity index (χ0v) is 9.12. The summed E-state index contributed by atoms with van der Waals surface area (Å²) in [4.78, 5) is 4.42. The van der Waals surface area contributed by atoms with E-state index in [0.717, 1.165) is 50.6 Å². The van der Waals surface area contributed by atoms with Crippen LogP contribution in [0.25, 0.3) is 0 Å². The van der Waals surface area contributed by atoms with E-state index >= 15 is 0 Å². The molecule has 1 aliphatic rings. The van der Waals surface area contributed by atoms with E-state index in [1.165, 1.54) is 0 Å². The largest absolute Gasteiger partial charge is 0.375 e. The number of H-pyrrole nitrogens is 1. The van der Waals surface area contributed by atoms with E-state index in [0.29, 0.717) is 0 Å². The molecule has 0 spiro atoms. The molecule has 0 bridgehead atoms. The number of aromatic amines is 1. The van der Waals surface area contributed by atoms with Crippen LogP contribution in [0.3, 0.4) is 0 Å². The van der Waals surface area contributed by atoms with Gasteiger partial charge in [0, 0.05) is 25.9 Å². The highest BCUT2D eigenvalue weighted by Gasteiger charge is 2.15. The summed E-state index contributed by atoms with van der Waals surface area (Å²) in [6.45, 7) is 4.78. The molecule has 0 aromatic carbocycles. The van der Waals surface area contributed by atoms with E-state index in [9.17, 15) is 0 Å². The van der Waals surface area contributed by atoms with Crippen molar-refractivity contribution in [3.05, 3.63) is 11.6 Å². The number of nitrogens with one attached hydrogen (secondary N) is 2. The zero-order valence-electron chi connectivity index (χ0n) is 9.12. The fourth-order valence-corrected chi connectivity index (χ4v) is 1.73. The molecule has 1 aromatic rings. The van der Waals surface area contributed by atoms with Gasteiger partial charge < -0.3 is 10.1 Å². The minimum Gasteiger partial charge on any atom is -0.375 e. The van der Waals surface area contributed by atoms with E-state index in [1.54, 1.807) is 0 Å². The van der Waals surface area contributed by atoms with Crippen LogP contribution in [0.4, 0.5) is 0 Å². The third-order valence-corrected chi connectivity index (χ3v) is 2.48. The van der Waals surface area contributed by atoms with Gasteiger partial charge in [-0.2, -0.15) is 5.10 Å². The number of morpholine rings is 1. The van der Waals surface area contributed by atoms with Gasteiger partial charge in [0.15, 0.2) is 5.82 Å².